The Balaban J connectivity index is 1.54. The zero-order valence-corrected chi connectivity index (χ0v) is 12.5. The van der Waals surface area contributed by atoms with Gasteiger partial charge in [-0.3, -0.25) is 0 Å². The molecule has 0 aliphatic heterocycles. The smallest absolute Gasteiger partial charge is 0.0314 e. The molecule has 1 aromatic heterocycles. The van der Waals surface area contributed by atoms with Crippen LogP contribution >= 0.6 is 27.3 Å². The molecule has 3 heteroatoms. The minimum atomic E-state index is 0.356. The highest BCUT2D eigenvalue weighted by molar-refractivity contribution is 9.10. The first-order chi connectivity index (χ1) is 8.22. The second kappa shape index (κ2) is 5.02. The van der Waals surface area contributed by atoms with Crippen LogP contribution in [0, 0.1) is 17.8 Å². The van der Waals surface area contributed by atoms with Crippen molar-refractivity contribution in [3.8, 4) is 0 Å². The Kier molecular flexibility index (Phi) is 3.60. The zero-order valence-electron chi connectivity index (χ0n) is 10.1. The van der Waals surface area contributed by atoms with Gasteiger partial charge in [0, 0.05) is 15.4 Å². The first-order valence-corrected chi connectivity index (χ1v) is 8.37. The fourth-order valence-corrected chi connectivity index (χ4v) is 5.45. The van der Waals surface area contributed by atoms with Gasteiger partial charge in [-0.05, 0) is 77.2 Å². The molecule has 3 rings (SSSR count). The lowest BCUT2D eigenvalue weighted by Crippen LogP contribution is -2.27. The molecule has 2 fully saturated rings. The molecule has 0 amide bonds. The van der Waals surface area contributed by atoms with Crippen molar-refractivity contribution >= 4 is 27.3 Å². The molecular weight excluding hydrogens is 294 g/mol. The van der Waals surface area contributed by atoms with Gasteiger partial charge in [-0.15, -0.1) is 11.3 Å². The SMILES string of the molecule is NC(Cc1sccc1Br)CC1CC2CCC1C2. The molecule has 1 nitrogen and oxygen atoms in total. The van der Waals surface area contributed by atoms with Crippen molar-refractivity contribution in [2.75, 3.05) is 0 Å². The van der Waals surface area contributed by atoms with Gasteiger partial charge < -0.3 is 5.73 Å². The maximum Gasteiger partial charge on any atom is 0.0314 e. The molecule has 2 aliphatic rings. The highest BCUT2D eigenvalue weighted by atomic mass is 79.9. The third-order valence-electron chi connectivity index (χ3n) is 4.63. The first-order valence-electron chi connectivity index (χ1n) is 6.70. The number of hydrogen-bond acceptors (Lipinski definition) is 2. The van der Waals surface area contributed by atoms with Crippen molar-refractivity contribution in [1.29, 1.82) is 0 Å². The second-order valence-electron chi connectivity index (χ2n) is 5.83. The van der Waals surface area contributed by atoms with Crippen LogP contribution in [0.15, 0.2) is 15.9 Å². The van der Waals surface area contributed by atoms with E-state index in [1.807, 2.05) is 11.3 Å². The van der Waals surface area contributed by atoms with E-state index in [-0.39, 0.29) is 0 Å². The molecule has 1 aromatic rings. The number of fused-ring (bicyclic) bond motifs is 2. The van der Waals surface area contributed by atoms with Gasteiger partial charge in [0.2, 0.25) is 0 Å². The molecule has 2 N–H and O–H groups in total. The van der Waals surface area contributed by atoms with Gasteiger partial charge in [0.25, 0.3) is 0 Å². The van der Waals surface area contributed by atoms with Crippen LogP contribution in [0.1, 0.15) is 37.0 Å². The summed E-state index contributed by atoms with van der Waals surface area (Å²) in [6, 6.07) is 2.49. The molecule has 2 aliphatic carbocycles. The Bertz CT molecular complexity index is 389. The van der Waals surface area contributed by atoms with E-state index >= 15 is 0 Å². The van der Waals surface area contributed by atoms with Gasteiger partial charge in [0.1, 0.15) is 0 Å². The van der Waals surface area contributed by atoms with Gasteiger partial charge in [-0.2, -0.15) is 0 Å². The van der Waals surface area contributed by atoms with Crippen molar-refractivity contribution in [2.45, 2.75) is 44.6 Å². The quantitative estimate of drug-likeness (QED) is 0.885. The largest absolute Gasteiger partial charge is 0.327 e. The Morgan fingerprint density at radius 1 is 1.41 bits per heavy atom. The Morgan fingerprint density at radius 2 is 2.29 bits per heavy atom. The Morgan fingerprint density at radius 3 is 2.88 bits per heavy atom. The van der Waals surface area contributed by atoms with E-state index in [0.717, 1.165) is 24.2 Å². The van der Waals surface area contributed by atoms with Gasteiger partial charge >= 0.3 is 0 Å². The van der Waals surface area contributed by atoms with Gasteiger partial charge in [-0.25, -0.2) is 0 Å². The summed E-state index contributed by atoms with van der Waals surface area (Å²) in [7, 11) is 0. The van der Waals surface area contributed by atoms with Gasteiger partial charge in [-0.1, -0.05) is 6.42 Å². The first kappa shape index (κ1) is 12.2. The summed E-state index contributed by atoms with van der Waals surface area (Å²) in [5.74, 6) is 2.99. The lowest BCUT2D eigenvalue weighted by molar-refractivity contribution is 0.294. The van der Waals surface area contributed by atoms with Crippen LogP contribution in [-0.2, 0) is 6.42 Å². The maximum atomic E-state index is 6.33. The summed E-state index contributed by atoms with van der Waals surface area (Å²) in [5, 5.41) is 2.14. The van der Waals surface area contributed by atoms with Crippen molar-refractivity contribution in [3.05, 3.63) is 20.8 Å². The van der Waals surface area contributed by atoms with Crippen LogP contribution in [0.3, 0.4) is 0 Å². The predicted molar refractivity (Wildman–Crippen MR) is 77.3 cm³/mol. The highest BCUT2D eigenvalue weighted by Gasteiger charge is 2.39. The minimum Gasteiger partial charge on any atom is -0.327 e. The van der Waals surface area contributed by atoms with Crippen molar-refractivity contribution in [1.82, 2.24) is 0 Å². The molecule has 0 spiro atoms. The summed E-state index contributed by atoms with van der Waals surface area (Å²) < 4.78 is 1.24. The molecule has 94 valence electrons. The van der Waals surface area contributed by atoms with Gasteiger partial charge in [0.05, 0.1) is 0 Å². The molecule has 1 heterocycles. The molecule has 17 heavy (non-hydrogen) atoms. The molecule has 2 saturated carbocycles. The summed E-state index contributed by atoms with van der Waals surface area (Å²) in [6.45, 7) is 0. The van der Waals surface area contributed by atoms with Crippen LogP contribution in [0.4, 0.5) is 0 Å². The van der Waals surface area contributed by atoms with Crippen LogP contribution in [-0.4, -0.2) is 6.04 Å². The highest BCUT2D eigenvalue weighted by Crippen LogP contribution is 2.49. The lowest BCUT2D eigenvalue weighted by atomic mass is 9.84. The molecule has 0 aromatic carbocycles. The molecule has 4 unspecified atom stereocenters. The molecule has 4 atom stereocenters. The van der Waals surface area contributed by atoms with Crippen LogP contribution in [0.25, 0.3) is 0 Å². The van der Waals surface area contributed by atoms with E-state index in [9.17, 15) is 0 Å². The van der Waals surface area contributed by atoms with Crippen molar-refractivity contribution in [2.24, 2.45) is 23.5 Å². The van der Waals surface area contributed by atoms with E-state index in [1.165, 1.54) is 41.5 Å². The minimum absolute atomic E-state index is 0.356. The van der Waals surface area contributed by atoms with Crippen LogP contribution in [0.2, 0.25) is 0 Å². The number of halogens is 1. The normalized spacial score (nSPS) is 33.2. The van der Waals surface area contributed by atoms with Crippen LogP contribution in [0.5, 0.6) is 0 Å². The van der Waals surface area contributed by atoms with E-state index in [0.29, 0.717) is 6.04 Å². The monoisotopic (exact) mass is 313 g/mol. The molecule has 0 radical (unpaired) electrons. The lowest BCUT2D eigenvalue weighted by Gasteiger charge is -2.24. The average molecular weight is 314 g/mol. The predicted octanol–water partition coefficient (Wildman–Crippen LogP) is 4.21. The van der Waals surface area contributed by atoms with E-state index in [1.54, 1.807) is 0 Å². The average Bonchev–Trinajstić information content (AvgIpc) is 2.96. The van der Waals surface area contributed by atoms with E-state index < -0.39 is 0 Å². The molecule has 2 bridgehead atoms. The van der Waals surface area contributed by atoms with Crippen LogP contribution < -0.4 is 5.73 Å². The maximum absolute atomic E-state index is 6.33. The van der Waals surface area contributed by atoms with Crippen molar-refractivity contribution in [3.63, 3.8) is 0 Å². The topological polar surface area (TPSA) is 26.0 Å². The molecule has 0 saturated heterocycles. The third kappa shape index (κ3) is 2.61. The summed E-state index contributed by atoms with van der Waals surface area (Å²) in [6.07, 6.45) is 8.22. The van der Waals surface area contributed by atoms with Crippen molar-refractivity contribution < 1.29 is 0 Å². The van der Waals surface area contributed by atoms with E-state index in [2.05, 4.69) is 27.4 Å². The molecular formula is C14H20BrNS. The standard InChI is InChI=1S/C14H20BrNS/c15-13-3-4-17-14(13)8-12(16)7-11-6-9-1-2-10(11)5-9/h3-4,9-12H,1-2,5-8,16H2. The van der Waals surface area contributed by atoms with Gasteiger partial charge in [0.15, 0.2) is 0 Å². The number of thiophene rings is 1. The number of nitrogens with two attached hydrogens (primary N) is 1. The summed E-state index contributed by atoms with van der Waals surface area (Å²) in [4.78, 5) is 1.42. The second-order valence-corrected chi connectivity index (χ2v) is 7.68. The Hall–Kier alpha value is 0.140. The zero-order chi connectivity index (χ0) is 11.8. The number of hydrogen-bond donors (Lipinski definition) is 1. The summed E-state index contributed by atoms with van der Waals surface area (Å²) >= 11 is 5.42. The fraction of sp³-hybridized carbons (Fsp3) is 0.714. The third-order valence-corrected chi connectivity index (χ3v) is 6.58. The van der Waals surface area contributed by atoms with E-state index in [4.69, 9.17) is 5.73 Å². The fourth-order valence-electron chi connectivity index (χ4n) is 3.85. The number of rotatable bonds is 4. The summed E-state index contributed by atoms with van der Waals surface area (Å²) in [5.41, 5.74) is 6.33. The Labute approximate surface area is 116 Å².